The number of hydrogen-bond donors (Lipinski definition) is 3. The first-order chi connectivity index (χ1) is 24.2. The van der Waals surface area contributed by atoms with Crippen LogP contribution in [0, 0.1) is 0 Å². The molecule has 50 heavy (non-hydrogen) atoms. The standard InChI is InChI=1S/C39H77O10P/c1-3-5-7-9-11-13-15-16-17-18-19-21-22-24-26-28-30-38(42)46-34-37(35-48-50(44,45)47-33-36(41)32-40)49-39(43)31-29-27-25-23-20-14-12-10-8-6-4-2/h36-37,40-41H,3-35H2,1-2H3,(H,44,45)/t36-,37+/m0/s1. The fraction of sp³-hybridized carbons (Fsp3) is 0.949. The van der Waals surface area contributed by atoms with Crippen LogP contribution in [0.15, 0.2) is 0 Å². The van der Waals surface area contributed by atoms with E-state index < -0.39 is 51.8 Å². The van der Waals surface area contributed by atoms with Crippen LogP contribution < -0.4 is 0 Å². The van der Waals surface area contributed by atoms with Crippen LogP contribution in [0.1, 0.15) is 200 Å². The number of rotatable bonds is 39. The third-order valence-corrected chi connectivity index (χ3v) is 9.96. The van der Waals surface area contributed by atoms with Crippen molar-refractivity contribution in [3.05, 3.63) is 0 Å². The normalized spacial score (nSPS) is 13.9. The third-order valence-electron chi connectivity index (χ3n) is 9.01. The van der Waals surface area contributed by atoms with E-state index in [0.717, 1.165) is 32.1 Å². The summed E-state index contributed by atoms with van der Waals surface area (Å²) in [6.07, 6.45) is 30.7. The van der Waals surface area contributed by atoms with Gasteiger partial charge in [-0.25, -0.2) is 4.57 Å². The number of esters is 2. The number of phosphoric acid groups is 1. The van der Waals surface area contributed by atoms with Crippen molar-refractivity contribution >= 4 is 19.8 Å². The predicted molar refractivity (Wildman–Crippen MR) is 201 cm³/mol. The molecule has 0 aromatic heterocycles. The molecular formula is C39H77O10P. The summed E-state index contributed by atoms with van der Waals surface area (Å²) in [6.45, 7) is 2.39. The van der Waals surface area contributed by atoms with Gasteiger partial charge in [-0.05, 0) is 12.8 Å². The van der Waals surface area contributed by atoms with Crippen LogP contribution in [0.3, 0.4) is 0 Å². The van der Waals surface area contributed by atoms with Gasteiger partial charge in [-0.15, -0.1) is 0 Å². The molecule has 0 radical (unpaired) electrons. The summed E-state index contributed by atoms with van der Waals surface area (Å²) in [6, 6.07) is 0. The average molecular weight is 737 g/mol. The number of hydrogen-bond acceptors (Lipinski definition) is 9. The van der Waals surface area contributed by atoms with Gasteiger partial charge in [-0.3, -0.25) is 18.6 Å². The minimum atomic E-state index is -4.60. The zero-order chi connectivity index (χ0) is 37.0. The number of carbonyl (C=O) groups is 2. The van der Waals surface area contributed by atoms with Gasteiger partial charge in [0.25, 0.3) is 0 Å². The minimum Gasteiger partial charge on any atom is -0.462 e. The molecule has 0 heterocycles. The van der Waals surface area contributed by atoms with Crippen molar-refractivity contribution in [2.24, 2.45) is 0 Å². The van der Waals surface area contributed by atoms with Crippen molar-refractivity contribution in [3.8, 4) is 0 Å². The first-order valence-electron chi connectivity index (χ1n) is 20.5. The van der Waals surface area contributed by atoms with Crippen LogP contribution in [0.2, 0.25) is 0 Å². The number of aliphatic hydroxyl groups excluding tert-OH is 2. The Morgan fingerprint density at radius 2 is 0.860 bits per heavy atom. The number of aliphatic hydroxyl groups is 2. The van der Waals surface area contributed by atoms with Crippen molar-refractivity contribution in [1.82, 2.24) is 0 Å². The molecule has 0 amide bonds. The topological polar surface area (TPSA) is 149 Å². The number of phosphoric ester groups is 1. The van der Waals surface area contributed by atoms with Gasteiger partial charge in [0.1, 0.15) is 12.7 Å². The van der Waals surface area contributed by atoms with E-state index in [2.05, 4.69) is 18.4 Å². The number of ether oxygens (including phenoxy) is 2. The van der Waals surface area contributed by atoms with Gasteiger partial charge in [0.2, 0.25) is 0 Å². The van der Waals surface area contributed by atoms with Crippen molar-refractivity contribution in [2.75, 3.05) is 26.4 Å². The first-order valence-corrected chi connectivity index (χ1v) is 22.0. The Morgan fingerprint density at radius 3 is 1.24 bits per heavy atom. The molecule has 0 saturated carbocycles. The Hall–Kier alpha value is -1.03. The molecule has 0 saturated heterocycles. The molecule has 0 aromatic carbocycles. The van der Waals surface area contributed by atoms with E-state index in [-0.39, 0.29) is 19.4 Å². The Kier molecular flexibility index (Phi) is 35.6. The highest BCUT2D eigenvalue weighted by Gasteiger charge is 2.27. The van der Waals surface area contributed by atoms with Gasteiger partial charge in [0, 0.05) is 12.8 Å². The van der Waals surface area contributed by atoms with Crippen LogP contribution in [-0.4, -0.2) is 65.7 Å². The molecule has 0 aliphatic carbocycles. The Balaban J connectivity index is 4.25. The van der Waals surface area contributed by atoms with Crippen molar-refractivity contribution < 1.29 is 47.8 Å². The van der Waals surface area contributed by atoms with E-state index in [9.17, 15) is 24.2 Å². The zero-order valence-corrected chi connectivity index (χ0v) is 33.0. The summed E-state index contributed by atoms with van der Waals surface area (Å²) in [5, 5.41) is 18.3. The molecule has 3 N–H and O–H groups in total. The average Bonchev–Trinajstić information content (AvgIpc) is 3.10. The molecule has 0 aromatic rings. The van der Waals surface area contributed by atoms with Crippen molar-refractivity contribution in [2.45, 2.75) is 212 Å². The van der Waals surface area contributed by atoms with Crippen LogP contribution >= 0.6 is 7.82 Å². The van der Waals surface area contributed by atoms with E-state index >= 15 is 0 Å². The molecule has 0 aliphatic rings. The quantitative estimate of drug-likeness (QED) is 0.0316. The lowest BCUT2D eigenvalue weighted by atomic mass is 10.0. The Labute approximate surface area is 305 Å². The second-order valence-electron chi connectivity index (χ2n) is 14.0. The smallest absolute Gasteiger partial charge is 0.462 e. The predicted octanol–water partition coefficient (Wildman–Crippen LogP) is 10.3. The van der Waals surface area contributed by atoms with Gasteiger partial charge in [0.05, 0.1) is 19.8 Å². The summed E-state index contributed by atoms with van der Waals surface area (Å²) >= 11 is 0. The summed E-state index contributed by atoms with van der Waals surface area (Å²) in [7, 11) is -4.60. The van der Waals surface area contributed by atoms with Gasteiger partial charge < -0.3 is 24.6 Å². The molecule has 0 rings (SSSR count). The zero-order valence-electron chi connectivity index (χ0n) is 32.1. The molecule has 10 nitrogen and oxygen atoms in total. The van der Waals surface area contributed by atoms with E-state index in [1.807, 2.05) is 0 Å². The second-order valence-corrected chi connectivity index (χ2v) is 15.5. The molecular weight excluding hydrogens is 659 g/mol. The van der Waals surface area contributed by atoms with Gasteiger partial charge >= 0.3 is 19.8 Å². The fourth-order valence-corrected chi connectivity index (χ4v) is 6.61. The van der Waals surface area contributed by atoms with Crippen LogP contribution in [0.25, 0.3) is 0 Å². The maximum atomic E-state index is 12.5. The molecule has 0 spiro atoms. The Bertz CT molecular complexity index is 812. The minimum absolute atomic E-state index is 0.191. The molecule has 0 aliphatic heterocycles. The van der Waals surface area contributed by atoms with Crippen LogP contribution in [-0.2, 0) is 32.7 Å². The van der Waals surface area contributed by atoms with E-state index in [4.69, 9.17) is 19.1 Å². The van der Waals surface area contributed by atoms with Crippen molar-refractivity contribution in [1.29, 1.82) is 0 Å². The maximum Gasteiger partial charge on any atom is 0.472 e. The lowest BCUT2D eigenvalue weighted by molar-refractivity contribution is -0.161. The van der Waals surface area contributed by atoms with E-state index in [0.29, 0.717) is 12.8 Å². The maximum absolute atomic E-state index is 12.5. The largest absolute Gasteiger partial charge is 0.472 e. The highest BCUT2D eigenvalue weighted by atomic mass is 31.2. The molecule has 0 fully saturated rings. The lowest BCUT2D eigenvalue weighted by Gasteiger charge is -2.20. The highest BCUT2D eigenvalue weighted by Crippen LogP contribution is 2.43. The third kappa shape index (κ3) is 35.4. The molecule has 1 unspecified atom stereocenters. The monoisotopic (exact) mass is 737 g/mol. The van der Waals surface area contributed by atoms with E-state index in [1.165, 1.54) is 128 Å². The molecule has 298 valence electrons. The summed E-state index contributed by atoms with van der Waals surface area (Å²) in [5.41, 5.74) is 0. The van der Waals surface area contributed by atoms with Gasteiger partial charge in [0.15, 0.2) is 6.10 Å². The van der Waals surface area contributed by atoms with Crippen LogP contribution in [0.4, 0.5) is 0 Å². The number of carbonyl (C=O) groups excluding carboxylic acids is 2. The van der Waals surface area contributed by atoms with Crippen molar-refractivity contribution in [3.63, 3.8) is 0 Å². The summed E-state index contributed by atoms with van der Waals surface area (Å²) in [4.78, 5) is 34.8. The Morgan fingerprint density at radius 1 is 0.520 bits per heavy atom. The van der Waals surface area contributed by atoms with Crippen LogP contribution in [0.5, 0.6) is 0 Å². The second kappa shape index (κ2) is 36.3. The molecule has 3 atom stereocenters. The van der Waals surface area contributed by atoms with Gasteiger partial charge in [-0.1, -0.05) is 174 Å². The molecule has 11 heteroatoms. The van der Waals surface area contributed by atoms with E-state index in [1.54, 1.807) is 0 Å². The van der Waals surface area contributed by atoms with Gasteiger partial charge in [-0.2, -0.15) is 0 Å². The molecule has 0 bridgehead atoms. The first kappa shape index (κ1) is 49.0. The number of unbranched alkanes of at least 4 members (excludes halogenated alkanes) is 25. The summed E-state index contributed by atoms with van der Waals surface area (Å²) in [5.74, 6) is -0.913. The highest BCUT2D eigenvalue weighted by molar-refractivity contribution is 7.47. The fourth-order valence-electron chi connectivity index (χ4n) is 5.82. The SMILES string of the molecule is CCCCCCCCCCCCCCCCCCC(=O)OC[C@H](COP(=O)(O)OC[C@@H](O)CO)OC(=O)CCCCCCCCCCCCC. The lowest BCUT2D eigenvalue weighted by Crippen LogP contribution is -2.29. The summed E-state index contributed by atoms with van der Waals surface area (Å²) < 4.78 is 32.6.